The van der Waals surface area contributed by atoms with Crippen LogP contribution in [0.25, 0.3) is 0 Å². The molecule has 0 aromatic rings. The second kappa shape index (κ2) is 7.29. The fraction of sp³-hybridized carbons (Fsp3) is 0.900. The van der Waals surface area contributed by atoms with E-state index in [1.54, 1.807) is 0 Å². The highest BCUT2D eigenvalue weighted by molar-refractivity contribution is 5.80. The molecule has 0 saturated heterocycles. The lowest BCUT2D eigenvalue weighted by Crippen LogP contribution is -2.14. The van der Waals surface area contributed by atoms with Crippen LogP contribution in [-0.4, -0.2) is 19.4 Å². The monoisotopic (exact) mass is 171 g/mol. The summed E-state index contributed by atoms with van der Waals surface area (Å²) in [7, 11) is 1.94. The first-order valence-corrected chi connectivity index (χ1v) is 4.89. The SMILES string of the molecule is CCCC(=O)C(C)CCCNC. The van der Waals surface area contributed by atoms with E-state index in [2.05, 4.69) is 12.2 Å². The molecule has 1 atom stereocenters. The molecule has 2 heteroatoms. The fourth-order valence-electron chi connectivity index (χ4n) is 1.24. The molecule has 1 N–H and O–H groups in total. The minimum atomic E-state index is 0.262. The van der Waals surface area contributed by atoms with Crippen LogP contribution in [0.15, 0.2) is 0 Å². The van der Waals surface area contributed by atoms with Crippen LogP contribution in [0.2, 0.25) is 0 Å². The molecule has 0 aliphatic carbocycles. The molecule has 0 rings (SSSR count). The molecule has 0 heterocycles. The molecule has 1 unspecified atom stereocenters. The fourth-order valence-corrected chi connectivity index (χ4v) is 1.24. The molecule has 12 heavy (non-hydrogen) atoms. The topological polar surface area (TPSA) is 29.1 Å². The summed E-state index contributed by atoms with van der Waals surface area (Å²) < 4.78 is 0. The van der Waals surface area contributed by atoms with Crippen LogP contribution in [0.4, 0.5) is 0 Å². The molecule has 0 aliphatic rings. The first kappa shape index (κ1) is 11.6. The van der Waals surface area contributed by atoms with E-state index < -0.39 is 0 Å². The van der Waals surface area contributed by atoms with Gasteiger partial charge in [-0.15, -0.1) is 0 Å². The standard InChI is InChI=1S/C10H21NO/c1-4-6-10(12)9(2)7-5-8-11-3/h9,11H,4-8H2,1-3H3. The van der Waals surface area contributed by atoms with Gasteiger partial charge in [-0.05, 0) is 32.9 Å². The third-order valence-corrected chi connectivity index (χ3v) is 2.11. The summed E-state index contributed by atoms with van der Waals surface area (Å²) in [5, 5.41) is 3.08. The molecule has 0 saturated carbocycles. The van der Waals surface area contributed by atoms with Crippen molar-refractivity contribution < 1.29 is 4.79 Å². The Morgan fingerprint density at radius 1 is 1.50 bits per heavy atom. The Hall–Kier alpha value is -0.370. The molecular weight excluding hydrogens is 150 g/mol. The summed E-state index contributed by atoms with van der Waals surface area (Å²) in [4.78, 5) is 11.3. The smallest absolute Gasteiger partial charge is 0.135 e. The van der Waals surface area contributed by atoms with Crippen LogP contribution >= 0.6 is 0 Å². The molecule has 72 valence electrons. The lowest BCUT2D eigenvalue weighted by atomic mass is 9.97. The summed E-state index contributed by atoms with van der Waals surface area (Å²) in [6.45, 7) is 5.11. The average molecular weight is 171 g/mol. The molecule has 0 radical (unpaired) electrons. The average Bonchev–Trinajstić information content (AvgIpc) is 2.05. The van der Waals surface area contributed by atoms with Gasteiger partial charge in [0.25, 0.3) is 0 Å². The van der Waals surface area contributed by atoms with Crippen LogP contribution in [0, 0.1) is 5.92 Å². The maximum absolute atomic E-state index is 11.3. The predicted molar refractivity (Wildman–Crippen MR) is 52.2 cm³/mol. The number of nitrogens with one attached hydrogen (secondary N) is 1. The first-order chi connectivity index (χ1) is 5.72. The van der Waals surface area contributed by atoms with Gasteiger partial charge < -0.3 is 5.32 Å². The molecule has 0 amide bonds. The van der Waals surface area contributed by atoms with Crippen molar-refractivity contribution in [3.63, 3.8) is 0 Å². The quantitative estimate of drug-likeness (QED) is 0.593. The van der Waals surface area contributed by atoms with Crippen LogP contribution in [0.3, 0.4) is 0 Å². The van der Waals surface area contributed by atoms with Crippen molar-refractivity contribution >= 4 is 5.78 Å². The zero-order valence-electron chi connectivity index (χ0n) is 8.52. The second-order valence-corrected chi connectivity index (χ2v) is 3.36. The van der Waals surface area contributed by atoms with E-state index in [1.165, 1.54) is 0 Å². The minimum Gasteiger partial charge on any atom is -0.320 e. The Kier molecular flexibility index (Phi) is 7.06. The van der Waals surface area contributed by atoms with Crippen LogP contribution in [-0.2, 0) is 4.79 Å². The molecule has 0 bridgehead atoms. The molecule has 0 spiro atoms. The summed E-state index contributed by atoms with van der Waals surface area (Å²) in [6.07, 6.45) is 3.86. The van der Waals surface area contributed by atoms with E-state index in [1.807, 2.05) is 14.0 Å². The number of hydrogen-bond donors (Lipinski definition) is 1. The van der Waals surface area contributed by atoms with Gasteiger partial charge in [-0.25, -0.2) is 0 Å². The van der Waals surface area contributed by atoms with Crippen LogP contribution in [0.1, 0.15) is 39.5 Å². The second-order valence-electron chi connectivity index (χ2n) is 3.36. The van der Waals surface area contributed by atoms with Crippen molar-refractivity contribution in [3.05, 3.63) is 0 Å². The van der Waals surface area contributed by atoms with Gasteiger partial charge in [-0.1, -0.05) is 13.8 Å². The van der Waals surface area contributed by atoms with Gasteiger partial charge in [0.1, 0.15) is 5.78 Å². The lowest BCUT2D eigenvalue weighted by Gasteiger charge is -2.08. The Balaban J connectivity index is 3.42. The van der Waals surface area contributed by atoms with Crippen molar-refractivity contribution in [2.75, 3.05) is 13.6 Å². The van der Waals surface area contributed by atoms with E-state index in [9.17, 15) is 4.79 Å². The highest BCUT2D eigenvalue weighted by Gasteiger charge is 2.10. The maximum Gasteiger partial charge on any atom is 0.135 e. The number of hydrogen-bond acceptors (Lipinski definition) is 2. The van der Waals surface area contributed by atoms with Crippen LogP contribution in [0.5, 0.6) is 0 Å². The van der Waals surface area contributed by atoms with Gasteiger partial charge in [0.2, 0.25) is 0 Å². The number of carbonyl (C=O) groups excluding carboxylic acids is 1. The number of rotatable bonds is 7. The van der Waals surface area contributed by atoms with E-state index in [0.717, 1.165) is 32.2 Å². The highest BCUT2D eigenvalue weighted by Crippen LogP contribution is 2.09. The Morgan fingerprint density at radius 2 is 2.17 bits per heavy atom. The van der Waals surface area contributed by atoms with E-state index in [4.69, 9.17) is 0 Å². The minimum absolute atomic E-state index is 0.262. The molecular formula is C10H21NO. The third kappa shape index (κ3) is 5.30. The summed E-state index contributed by atoms with van der Waals surface area (Å²) >= 11 is 0. The summed E-state index contributed by atoms with van der Waals surface area (Å²) in [6, 6.07) is 0. The van der Waals surface area contributed by atoms with Crippen molar-refractivity contribution in [2.45, 2.75) is 39.5 Å². The zero-order valence-corrected chi connectivity index (χ0v) is 8.52. The largest absolute Gasteiger partial charge is 0.320 e. The molecule has 0 aromatic heterocycles. The molecule has 0 fully saturated rings. The zero-order chi connectivity index (χ0) is 9.40. The Bertz CT molecular complexity index is 123. The van der Waals surface area contributed by atoms with Crippen LogP contribution < -0.4 is 5.32 Å². The van der Waals surface area contributed by atoms with Crippen molar-refractivity contribution in [3.8, 4) is 0 Å². The van der Waals surface area contributed by atoms with Gasteiger partial charge in [-0.3, -0.25) is 4.79 Å². The van der Waals surface area contributed by atoms with Gasteiger partial charge in [-0.2, -0.15) is 0 Å². The predicted octanol–water partition coefficient (Wildman–Crippen LogP) is 1.99. The summed E-state index contributed by atoms with van der Waals surface area (Å²) in [5.41, 5.74) is 0. The highest BCUT2D eigenvalue weighted by atomic mass is 16.1. The molecule has 0 aliphatic heterocycles. The van der Waals surface area contributed by atoms with Crippen molar-refractivity contribution in [1.82, 2.24) is 5.32 Å². The van der Waals surface area contributed by atoms with Gasteiger partial charge >= 0.3 is 0 Å². The normalized spacial score (nSPS) is 12.9. The lowest BCUT2D eigenvalue weighted by molar-refractivity contribution is -0.122. The third-order valence-electron chi connectivity index (χ3n) is 2.11. The first-order valence-electron chi connectivity index (χ1n) is 4.89. The van der Waals surface area contributed by atoms with Gasteiger partial charge in [0, 0.05) is 12.3 Å². The van der Waals surface area contributed by atoms with E-state index in [0.29, 0.717) is 5.78 Å². The number of carbonyl (C=O) groups is 1. The summed E-state index contributed by atoms with van der Waals surface area (Å²) in [5.74, 6) is 0.687. The van der Waals surface area contributed by atoms with Crippen molar-refractivity contribution in [2.24, 2.45) is 5.92 Å². The van der Waals surface area contributed by atoms with E-state index in [-0.39, 0.29) is 5.92 Å². The Morgan fingerprint density at radius 3 is 2.67 bits per heavy atom. The Labute approximate surface area is 75.7 Å². The molecule has 2 nitrogen and oxygen atoms in total. The number of ketones is 1. The van der Waals surface area contributed by atoms with Gasteiger partial charge in [0.05, 0.1) is 0 Å². The molecule has 0 aromatic carbocycles. The maximum atomic E-state index is 11.3. The van der Waals surface area contributed by atoms with E-state index >= 15 is 0 Å². The van der Waals surface area contributed by atoms with Gasteiger partial charge in [0.15, 0.2) is 0 Å². The van der Waals surface area contributed by atoms with Crippen molar-refractivity contribution in [1.29, 1.82) is 0 Å². The number of Topliss-reactive ketones (excluding diaryl/α,β-unsaturated/α-hetero) is 1.